The predicted octanol–water partition coefficient (Wildman–Crippen LogP) is 2.84. The molecular weight excluding hydrogens is 256 g/mol. The van der Waals surface area contributed by atoms with E-state index in [2.05, 4.69) is 10.1 Å². The Labute approximate surface area is 114 Å². The molecule has 0 radical (unpaired) electrons. The monoisotopic (exact) mass is 266 g/mol. The molecule has 0 unspecified atom stereocenters. The van der Waals surface area contributed by atoms with Crippen LogP contribution in [0.15, 0.2) is 60.9 Å². The summed E-state index contributed by atoms with van der Waals surface area (Å²) in [5.41, 5.74) is 1.63. The molecule has 0 aliphatic carbocycles. The third kappa shape index (κ3) is 2.26. The summed E-state index contributed by atoms with van der Waals surface area (Å²) in [5, 5.41) is 15.0. The van der Waals surface area contributed by atoms with Gasteiger partial charge < -0.3 is 0 Å². The second-order valence-electron chi connectivity index (χ2n) is 4.14. The average molecular weight is 266 g/mol. The lowest BCUT2D eigenvalue weighted by Gasteiger charge is -1.99. The maximum atomic E-state index is 10.6. The molecule has 0 N–H and O–H groups in total. The van der Waals surface area contributed by atoms with Crippen molar-refractivity contribution < 1.29 is 4.92 Å². The zero-order valence-electron chi connectivity index (χ0n) is 10.4. The van der Waals surface area contributed by atoms with E-state index in [1.807, 2.05) is 24.3 Å². The maximum Gasteiger partial charge on any atom is 0.269 e. The molecule has 1 aromatic carbocycles. The summed E-state index contributed by atoms with van der Waals surface area (Å²) in [5.74, 6) is 0.723. The Hall–Kier alpha value is -3.02. The Bertz CT molecular complexity index is 735. The highest BCUT2D eigenvalue weighted by Gasteiger charge is 2.07. The first-order chi connectivity index (χ1) is 9.74. The largest absolute Gasteiger partial charge is 0.269 e. The molecule has 0 aliphatic rings. The van der Waals surface area contributed by atoms with E-state index in [4.69, 9.17) is 0 Å². The molecule has 2 aromatic heterocycles. The first-order valence-corrected chi connectivity index (χ1v) is 5.96. The Balaban J connectivity index is 1.92. The van der Waals surface area contributed by atoms with E-state index in [0.717, 1.165) is 17.1 Å². The fourth-order valence-electron chi connectivity index (χ4n) is 1.85. The van der Waals surface area contributed by atoms with Crippen LogP contribution in [0.3, 0.4) is 0 Å². The standard InChI is InChI=1S/C14H10N4O2/c19-18(20)12-6-4-11(5-7-12)13-8-10-17(16-13)14-3-1-2-9-15-14/h1-10H. The Morgan fingerprint density at radius 2 is 1.85 bits per heavy atom. The van der Waals surface area contributed by atoms with Crippen LogP contribution in [0.4, 0.5) is 5.69 Å². The van der Waals surface area contributed by atoms with E-state index < -0.39 is 4.92 Å². The molecule has 2 heterocycles. The molecule has 6 nitrogen and oxygen atoms in total. The number of hydrogen-bond donors (Lipinski definition) is 0. The molecule has 0 spiro atoms. The van der Waals surface area contributed by atoms with E-state index >= 15 is 0 Å². The van der Waals surface area contributed by atoms with Gasteiger partial charge in [0.05, 0.1) is 10.6 Å². The number of nitro benzene ring substituents is 1. The minimum atomic E-state index is -0.420. The van der Waals surface area contributed by atoms with Gasteiger partial charge >= 0.3 is 0 Å². The second-order valence-corrected chi connectivity index (χ2v) is 4.14. The third-order valence-electron chi connectivity index (χ3n) is 2.85. The van der Waals surface area contributed by atoms with Crippen molar-refractivity contribution in [1.29, 1.82) is 0 Å². The van der Waals surface area contributed by atoms with Crippen LogP contribution >= 0.6 is 0 Å². The van der Waals surface area contributed by atoms with Crippen LogP contribution in [0.2, 0.25) is 0 Å². The number of nitro groups is 1. The summed E-state index contributed by atoms with van der Waals surface area (Å²) < 4.78 is 1.66. The summed E-state index contributed by atoms with van der Waals surface area (Å²) >= 11 is 0. The molecule has 3 aromatic rings. The van der Waals surface area contributed by atoms with Gasteiger partial charge in [-0.05, 0) is 30.3 Å². The summed E-state index contributed by atoms with van der Waals surface area (Å²) in [6.45, 7) is 0. The van der Waals surface area contributed by atoms with E-state index in [0.29, 0.717) is 0 Å². The highest BCUT2D eigenvalue weighted by molar-refractivity contribution is 5.60. The molecule has 0 aliphatic heterocycles. The summed E-state index contributed by atoms with van der Waals surface area (Å²) in [4.78, 5) is 14.4. The first-order valence-electron chi connectivity index (χ1n) is 5.96. The Kier molecular flexibility index (Phi) is 2.96. The summed E-state index contributed by atoms with van der Waals surface area (Å²) in [7, 11) is 0. The number of nitrogens with zero attached hydrogens (tertiary/aromatic N) is 4. The number of non-ortho nitro benzene ring substituents is 1. The van der Waals surface area contributed by atoms with Crippen molar-refractivity contribution in [2.75, 3.05) is 0 Å². The van der Waals surface area contributed by atoms with Crippen molar-refractivity contribution >= 4 is 5.69 Å². The fourth-order valence-corrected chi connectivity index (χ4v) is 1.85. The number of benzene rings is 1. The number of rotatable bonds is 3. The number of aromatic nitrogens is 3. The number of hydrogen-bond acceptors (Lipinski definition) is 4. The van der Waals surface area contributed by atoms with Crippen LogP contribution in [0, 0.1) is 10.1 Å². The van der Waals surface area contributed by atoms with Gasteiger partial charge in [-0.3, -0.25) is 10.1 Å². The maximum absolute atomic E-state index is 10.6. The van der Waals surface area contributed by atoms with Crippen molar-refractivity contribution in [1.82, 2.24) is 14.8 Å². The lowest BCUT2D eigenvalue weighted by atomic mass is 10.1. The minimum Gasteiger partial charge on any atom is -0.258 e. The molecule has 20 heavy (non-hydrogen) atoms. The van der Waals surface area contributed by atoms with Gasteiger partial charge in [0.15, 0.2) is 5.82 Å². The van der Waals surface area contributed by atoms with Crippen molar-refractivity contribution in [2.45, 2.75) is 0 Å². The van der Waals surface area contributed by atoms with Crippen LogP contribution in [-0.2, 0) is 0 Å². The van der Waals surface area contributed by atoms with E-state index in [9.17, 15) is 10.1 Å². The van der Waals surface area contributed by atoms with Gasteiger partial charge in [-0.15, -0.1) is 0 Å². The normalized spacial score (nSPS) is 10.4. The van der Waals surface area contributed by atoms with E-state index in [-0.39, 0.29) is 5.69 Å². The molecule has 0 bridgehead atoms. The molecule has 0 saturated heterocycles. The lowest BCUT2D eigenvalue weighted by Crippen LogP contribution is -1.97. The molecule has 6 heteroatoms. The molecule has 0 saturated carbocycles. The van der Waals surface area contributed by atoms with Gasteiger partial charge in [-0.25, -0.2) is 9.67 Å². The van der Waals surface area contributed by atoms with Gasteiger partial charge in [0.1, 0.15) is 0 Å². The molecule has 0 amide bonds. The Morgan fingerprint density at radius 3 is 2.50 bits per heavy atom. The predicted molar refractivity (Wildman–Crippen MR) is 73.4 cm³/mol. The van der Waals surface area contributed by atoms with Crippen LogP contribution < -0.4 is 0 Å². The van der Waals surface area contributed by atoms with E-state index in [1.165, 1.54) is 12.1 Å². The van der Waals surface area contributed by atoms with Gasteiger partial charge in [-0.2, -0.15) is 5.10 Å². The Morgan fingerprint density at radius 1 is 1.05 bits per heavy atom. The molecule has 0 fully saturated rings. The molecule has 98 valence electrons. The quantitative estimate of drug-likeness (QED) is 0.539. The van der Waals surface area contributed by atoms with Crippen molar-refractivity contribution in [3.8, 4) is 17.1 Å². The summed E-state index contributed by atoms with van der Waals surface area (Å²) in [6, 6.07) is 13.7. The van der Waals surface area contributed by atoms with Gasteiger partial charge in [0.2, 0.25) is 0 Å². The van der Waals surface area contributed by atoms with Crippen molar-refractivity contribution in [3.63, 3.8) is 0 Å². The highest BCUT2D eigenvalue weighted by Crippen LogP contribution is 2.21. The zero-order chi connectivity index (χ0) is 13.9. The third-order valence-corrected chi connectivity index (χ3v) is 2.85. The fraction of sp³-hybridized carbons (Fsp3) is 0. The van der Waals surface area contributed by atoms with Crippen LogP contribution in [-0.4, -0.2) is 19.7 Å². The minimum absolute atomic E-state index is 0.0675. The van der Waals surface area contributed by atoms with Gasteiger partial charge in [0, 0.05) is 30.1 Å². The smallest absolute Gasteiger partial charge is 0.258 e. The van der Waals surface area contributed by atoms with Crippen LogP contribution in [0.25, 0.3) is 17.1 Å². The highest BCUT2D eigenvalue weighted by atomic mass is 16.6. The summed E-state index contributed by atoms with van der Waals surface area (Å²) in [6.07, 6.45) is 3.50. The van der Waals surface area contributed by atoms with Crippen molar-refractivity contribution in [2.24, 2.45) is 0 Å². The topological polar surface area (TPSA) is 73.8 Å². The van der Waals surface area contributed by atoms with Crippen LogP contribution in [0.5, 0.6) is 0 Å². The molecular formula is C14H10N4O2. The molecule has 0 atom stereocenters. The SMILES string of the molecule is O=[N+]([O-])c1ccc(-c2ccn(-c3ccccn3)n2)cc1. The first kappa shape index (κ1) is 12.0. The molecule has 3 rings (SSSR count). The van der Waals surface area contributed by atoms with Gasteiger partial charge in [0.25, 0.3) is 5.69 Å². The lowest BCUT2D eigenvalue weighted by molar-refractivity contribution is -0.384. The zero-order valence-corrected chi connectivity index (χ0v) is 10.4. The van der Waals surface area contributed by atoms with E-state index in [1.54, 1.807) is 29.2 Å². The van der Waals surface area contributed by atoms with Crippen molar-refractivity contribution in [3.05, 3.63) is 71.0 Å². The van der Waals surface area contributed by atoms with Crippen LogP contribution in [0.1, 0.15) is 0 Å². The number of pyridine rings is 1. The van der Waals surface area contributed by atoms with Gasteiger partial charge in [-0.1, -0.05) is 6.07 Å². The second kappa shape index (κ2) is 4.93. The average Bonchev–Trinajstić information content (AvgIpc) is 2.98.